The highest BCUT2D eigenvalue weighted by Crippen LogP contribution is 2.22. The Balaban J connectivity index is 1.47. The van der Waals surface area contributed by atoms with E-state index in [1.165, 1.54) is 18.4 Å². The molecule has 1 aliphatic heterocycles. The summed E-state index contributed by atoms with van der Waals surface area (Å²) in [6, 6.07) is 3.48. The molecular formula is C29H48N4O4. The van der Waals surface area contributed by atoms with Crippen molar-refractivity contribution >= 4 is 17.7 Å². The molecule has 3 rings (SSSR count). The van der Waals surface area contributed by atoms with Crippen LogP contribution >= 0.6 is 0 Å². The molecule has 1 aromatic heterocycles. The maximum Gasteiger partial charge on any atom is 0.326 e. The van der Waals surface area contributed by atoms with E-state index in [1.54, 1.807) is 0 Å². The normalized spacial score (nSPS) is 16.9. The molecule has 1 unspecified atom stereocenters. The number of nitrogens with zero attached hydrogens (tertiary/aromatic N) is 2. The van der Waals surface area contributed by atoms with E-state index in [2.05, 4.69) is 27.7 Å². The SMILES string of the molecule is CC(C)(C)CC(=O)NC(CCN(CCCCc1ccc2c(n1)NCCC2)CCOC1CCCC1)C(=O)O. The lowest BCUT2D eigenvalue weighted by Crippen LogP contribution is -2.44. The third-order valence-corrected chi connectivity index (χ3v) is 7.23. The van der Waals surface area contributed by atoms with Crippen molar-refractivity contribution < 1.29 is 19.4 Å². The Morgan fingerprint density at radius 2 is 1.95 bits per heavy atom. The molecule has 1 aliphatic carbocycles. The highest BCUT2D eigenvalue weighted by atomic mass is 16.5. The Bertz CT molecular complexity index is 864. The molecule has 8 nitrogen and oxygen atoms in total. The van der Waals surface area contributed by atoms with Crippen LogP contribution in [-0.4, -0.2) is 71.8 Å². The van der Waals surface area contributed by atoms with E-state index in [4.69, 9.17) is 9.72 Å². The van der Waals surface area contributed by atoms with Crippen LogP contribution in [0.5, 0.6) is 0 Å². The molecule has 8 heteroatoms. The first-order chi connectivity index (χ1) is 17.7. The average Bonchev–Trinajstić information content (AvgIpc) is 3.36. The van der Waals surface area contributed by atoms with Gasteiger partial charge >= 0.3 is 5.97 Å². The highest BCUT2D eigenvalue weighted by Gasteiger charge is 2.24. The summed E-state index contributed by atoms with van der Waals surface area (Å²) in [5.74, 6) is -0.137. The summed E-state index contributed by atoms with van der Waals surface area (Å²) in [4.78, 5) is 31.3. The summed E-state index contributed by atoms with van der Waals surface area (Å²) in [7, 11) is 0. The van der Waals surface area contributed by atoms with E-state index in [0.717, 1.165) is 76.1 Å². The second kappa shape index (κ2) is 14.7. The van der Waals surface area contributed by atoms with Gasteiger partial charge in [-0.3, -0.25) is 4.79 Å². The molecule has 0 spiro atoms. The molecular weight excluding hydrogens is 468 g/mol. The molecule has 1 fully saturated rings. The monoisotopic (exact) mass is 516 g/mol. The molecule has 2 aliphatic rings. The molecule has 1 saturated carbocycles. The van der Waals surface area contributed by atoms with E-state index in [-0.39, 0.29) is 11.3 Å². The highest BCUT2D eigenvalue weighted by molar-refractivity contribution is 5.83. The van der Waals surface area contributed by atoms with Crippen molar-refractivity contribution in [3.8, 4) is 0 Å². The number of aromatic nitrogens is 1. The second-order valence-corrected chi connectivity index (χ2v) is 11.9. The van der Waals surface area contributed by atoms with Crippen LogP contribution in [0.4, 0.5) is 5.82 Å². The van der Waals surface area contributed by atoms with Crippen LogP contribution in [0.1, 0.15) is 89.8 Å². The number of carboxylic acid groups (broad SMARTS) is 1. The van der Waals surface area contributed by atoms with Crippen LogP contribution in [0.25, 0.3) is 0 Å². The number of hydrogen-bond acceptors (Lipinski definition) is 6. The molecule has 1 amide bonds. The van der Waals surface area contributed by atoms with Crippen molar-refractivity contribution in [2.75, 3.05) is 38.1 Å². The van der Waals surface area contributed by atoms with Crippen LogP contribution in [0.2, 0.25) is 0 Å². The third-order valence-electron chi connectivity index (χ3n) is 7.23. The summed E-state index contributed by atoms with van der Waals surface area (Å²) < 4.78 is 6.09. The van der Waals surface area contributed by atoms with E-state index >= 15 is 0 Å². The van der Waals surface area contributed by atoms with Crippen LogP contribution in [0, 0.1) is 5.41 Å². The minimum atomic E-state index is -0.975. The predicted molar refractivity (Wildman–Crippen MR) is 147 cm³/mol. The molecule has 0 bridgehead atoms. The van der Waals surface area contributed by atoms with Gasteiger partial charge in [-0.1, -0.05) is 39.7 Å². The summed E-state index contributed by atoms with van der Waals surface area (Å²) in [5.41, 5.74) is 2.25. The van der Waals surface area contributed by atoms with Gasteiger partial charge in [0.25, 0.3) is 0 Å². The summed E-state index contributed by atoms with van der Waals surface area (Å²) in [6.45, 7) is 9.85. The molecule has 0 aromatic carbocycles. The number of unbranched alkanes of at least 4 members (excludes halogenated alkanes) is 1. The number of hydrogen-bond donors (Lipinski definition) is 3. The Hall–Kier alpha value is -2.19. The van der Waals surface area contributed by atoms with E-state index in [1.807, 2.05) is 20.8 Å². The molecule has 37 heavy (non-hydrogen) atoms. The maximum absolute atomic E-state index is 12.4. The van der Waals surface area contributed by atoms with Gasteiger partial charge < -0.3 is 25.4 Å². The Morgan fingerprint density at radius 3 is 2.68 bits per heavy atom. The number of carbonyl (C=O) groups is 2. The fourth-order valence-corrected chi connectivity index (χ4v) is 5.18. The fourth-order valence-electron chi connectivity index (χ4n) is 5.18. The van der Waals surface area contributed by atoms with Crippen molar-refractivity contribution in [3.63, 3.8) is 0 Å². The average molecular weight is 517 g/mol. The van der Waals surface area contributed by atoms with Gasteiger partial charge in [0, 0.05) is 31.7 Å². The standard InChI is InChI=1S/C29H48N4O4/c1-29(2,3)21-26(34)32-25(28(35)36)15-18-33(19-20-37-24-11-4-5-12-24)17-7-6-10-23-14-13-22-9-8-16-30-27(22)31-23/h13-14,24-25H,4-12,15-21H2,1-3H3,(H,30,31)(H,32,34)(H,35,36). The smallest absolute Gasteiger partial charge is 0.326 e. The number of aryl methyl sites for hydroxylation is 2. The van der Waals surface area contributed by atoms with Gasteiger partial charge in [0.05, 0.1) is 12.7 Å². The second-order valence-electron chi connectivity index (χ2n) is 11.9. The van der Waals surface area contributed by atoms with Crippen molar-refractivity contribution in [1.29, 1.82) is 0 Å². The van der Waals surface area contributed by atoms with Crippen molar-refractivity contribution in [2.45, 2.75) is 104 Å². The van der Waals surface area contributed by atoms with E-state index in [9.17, 15) is 14.7 Å². The first-order valence-corrected chi connectivity index (χ1v) is 14.3. The van der Waals surface area contributed by atoms with Gasteiger partial charge in [-0.15, -0.1) is 0 Å². The minimum Gasteiger partial charge on any atom is -0.480 e. The molecule has 1 aromatic rings. The zero-order chi connectivity index (χ0) is 26.7. The Labute approximate surface area is 222 Å². The summed E-state index contributed by atoms with van der Waals surface area (Å²) in [6.07, 6.45) is 11.1. The number of pyridine rings is 1. The first-order valence-electron chi connectivity index (χ1n) is 14.3. The van der Waals surface area contributed by atoms with Gasteiger partial charge in [-0.05, 0) is 75.0 Å². The number of nitrogens with one attached hydrogen (secondary N) is 2. The number of anilines is 1. The zero-order valence-electron chi connectivity index (χ0n) is 23.2. The lowest BCUT2D eigenvalue weighted by atomic mass is 9.92. The molecule has 208 valence electrons. The van der Waals surface area contributed by atoms with E-state index < -0.39 is 12.0 Å². The van der Waals surface area contributed by atoms with Gasteiger partial charge in [-0.25, -0.2) is 9.78 Å². The molecule has 2 heterocycles. The molecule has 0 saturated heterocycles. The number of amides is 1. The lowest BCUT2D eigenvalue weighted by Gasteiger charge is -2.26. The zero-order valence-corrected chi connectivity index (χ0v) is 23.2. The number of rotatable bonds is 15. The van der Waals surface area contributed by atoms with E-state index in [0.29, 0.717) is 32.1 Å². The third kappa shape index (κ3) is 11.0. The molecule has 3 N–H and O–H groups in total. The van der Waals surface area contributed by atoms with Crippen molar-refractivity contribution in [1.82, 2.24) is 15.2 Å². The number of aliphatic carboxylic acids is 1. The Kier molecular flexibility index (Phi) is 11.6. The van der Waals surface area contributed by atoms with Crippen LogP contribution in [-0.2, 0) is 27.2 Å². The minimum absolute atomic E-state index is 0.181. The quantitative estimate of drug-likeness (QED) is 0.297. The van der Waals surface area contributed by atoms with Gasteiger partial charge in [0.2, 0.25) is 5.91 Å². The fraction of sp³-hybridized carbons (Fsp3) is 0.759. The Morgan fingerprint density at radius 1 is 1.16 bits per heavy atom. The van der Waals surface area contributed by atoms with Gasteiger partial charge in [-0.2, -0.15) is 0 Å². The number of fused-ring (bicyclic) bond motifs is 1. The largest absolute Gasteiger partial charge is 0.480 e. The molecule has 0 radical (unpaired) electrons. The summed E-state index contributed by atoms with van der Waals surface area (Å²) >= 11 is 0. The topological polar surface area (TPSA) is 104 Å². The van der Waals surface area contributed by atoms with Crippen molar-refractivity contribution in [2.24, 2.45) is 5.41 Å². The number of carbonyl (C=O) groups excluding carboxylic acids is 1. The predicted octanol–water partition coefficient (Wildman–Crippen LogP) is 4.42. The number of carboxylic acids is 1. The first kappa shape index (κ1) is 29.4. The van der Waals surface area contributed by atoms with Crippen LogP contribution in [0.15, 0.2) is 12.1 Å². The lowest BCUT2D eigenvalue weighted by molar-refractivity contribution is -0.142. The van der Waals surface area contributed by atoms with Gasteiger partial charge in [0.15, 0.2) is 0 Å². The summed E-state index contributed by atoms with van der Waals surface area (Å²) in [5, 5.41) is 15.8. The maximum atomic E-state index is 12.4. The van der Waals surface area contributed by atoms with Crippen molar-refractivity contribution in [3.05, 3.63) is 23.4 Å². The molecule has 1 atom stereocenters. The van der Waals surface area contributed by atoms with Crippen LogP contribution in [0.3, 0.4) is 0 Å². The van der Waals surface area contributed by atoms with Crippen LogP contribution < -0.4 is 10.6 Å². The van der Waals surface area contributed by atoms with Gasteiger partial charge in [0.1, 0.15) is 11.9 Å². The number of ether oxygens (including phenoxy) is 1.